The zero-order valence-corrected chi connectivity index (χ0v) is 16.1. The first kappa shape index (κ1) is 19.5. The normalized spacial score (nSPS) is 11.8. The first-order valence-electron chi connectivity index (χ1n) is 9.34. The van der Waals surface area contributed by atoms with E-state index in [1.165, 1.54) is 0 Å². The fourth-order valence-corrected chi connectivity index (χ4v) is 2.94. The molecule has 1 aromatic heterocycles. The number of nitrogens with zero attached hydrogens (tertiary/aromatic N) is 1. The van der Waals surface area contributed by atoms with Crippen molar-refractivity contribution in [3.8, 4) is 5.75 Å². The van der Waals surface area contributed by atoms with E-state index in [0.717, 1.165) is 10.9 Å². The molecule has 2 aromatic carbocycles. The Kier molecular flexibility index (Phi) is 6.32. The van der Waals surface area contributed by atoms with Crippen molar-refractivity contribution in [2.45, 2.75) is 32.9 Å². The Hall–Kier alpha value is -3.28. The van der Waals surface area contributed by atoms with Gasteiger partial charge in [0.05, 0.1) is 18.7 Å². The number of anilines is 1. The van der Waals surface area contributed by atoms with E-state index >= 15 is 0 Å². The molecule has 6 heteroatoms. The molecule has 0 unspecified atom stereocenters. The Labute approximate surface area is 164 Å². The van der Waals surface area contributed by atoms with Crippen LogP contribution in [0.2, 0.25) is 0 Å². The van der Waals surface area contributed by atoms with E-state index in [2.05, 4.69) is 5.32 Å². The Morgan fingerprint density at radius 3 is 2.64 bits per heavy atom. The van der Waals surface area contributed by atoms with Gasteiger partial charge in [-0.25, -0.2) is 0 Å². The lowest BCUT2D eigenvalue weighted by atomic mass is 10.2. The molecule has 0 aliphatic heterocycles. The van der Waals surface area contributed by atoms with Crippen LogP contribution < -0.4 is 10.1 Å². The Morgan fingerprint density at radius 2 is 1.82 bits per heavy atom. The van der Waals surface area contributed by atoms with Gasteiger partial charge >= 0.3 is 5.97 Å². The highest BCUT2D eigenvalue weighted by molar-refractivity contribution is 5.96. The van der Waals surface area contributed by atoms with Crippen molar-refractivity contribution >= 4 is 28.5 Å². The second-order valence-electron chi connectivity index (χ2n) is 6.37. The van der Waals surface area contributed by atoms with Crippen molar-refractivity contribution in [2.24, 2.45) is 0 Å². The predicted molar refractivity (Wildman–Crippen MR) is 108 cm³/mol. The Bertz CT molecular complexity index is 964. The quantitative estimate of drug-likeness (QED) is 0.600. The summed E-state index contributed by atoms with van der Waals surface area (Å²) in [6, 6.07) is 17.1. The standard InChI is InChI=1S/C22H24N2O4/c1-3-27-20-11-7-5-9-18(20)23-22(26)16(2)28-21(25)13-15-24-14-12-17-8-4-6-10-19(17)24/h4-12,14,16H,3,13,15H2,1-2H3,(H,23,26)/t16-/m1/s1. The highest BCUT2D eigenvalue weighted by Crippen LogP contribution is 2.24. The van der Waals surface area contributed by atoms with E-state index in [9.17, 15) is 9.59 Å². The molecule has 3 rings (SSSR count). The third-order valence-corrected chi connectivity index (χ3v) is 4.36. The Balaban J connectivity index is 1.53. The number of ether oxygens (including phenoxy) is 2. The van der Waals surface area contributed by atoms with Crippen LogP contribution in [-0.4, -0.2) is 29.2 Å². The summed E-state index contributed by atoms with van der Waals surface area (Å²) in [6.45, 7) is 4.41. The van der Waals surface area contributed by atoms with Crippen molar-refractivity contribution in [2.75, 3.05) is 11.9 Å². The molecule has 6 nitrogen and oxygen atoms in total. The smallest absolute Gasteiger partial charge is 0.308 e. The van der Waals surface area contributed by atoms with Gasteiger partial charge in [-0.15, -0.1) is 0 Å². The third-order valence-electron chi connectivity index (χ3n) is 4.36. The summed E-state index contributed by atoms with van der Waals surface area (Å²) >= 11 is 0. The molecular formula is C22H24N2O4. The van der Waals surface area contributed by atoms with E-state index < -0.39 is 18.0 Å². The van der Waals surface area contributed by atoms with Crippen molar-refractivity contribution in [3.05, 3.63) is 60.8 Å². The summed E-state index contributed by atoms with van der Waals surface area (Å²) in [5, 5.41) is 3.87. The number of aryl methyl sites for hydroxylation is 1. The van der Waals surface area contributed by atoms with E-state index in [1.54, 1.807) is 25.1 Å². The number of benzene rings is 2. The number of rotatable bonds is 8. The zero-order chi connectivity index (χ0) is 19.9. The number of amides is 1. The van der Waals surface area contributed by atoms with Crippen molar-refractivity contribution in [1.82, 2.24) is 4.57 Å². The molecule has 146 valence electrons. The van der Waals surface area contributed by atoms with Crippen LogP contribution in [-0.2, 0) is 20.9 Å². The van der Waals surface area contributed by atoms with Crippen LogP contribution in [0, 0.1) is 0 Å². The molecule has 0 spiro atoms. The summed E-state index contributed by atoms with van der Waals surface area (Å²) < 4.78 is 12.8. The minimum absolute atomic E-state index is 0.186. The molecular weight excluding hydrogens is 356 g/mol. The number of hydrogen-bond acceptors (Lipinski definition) is 4. The van der Waals surface area contributed by atoms with Crippen LogP contribution in [0.15, 0.2) is 60.8 Å². The van der Waals surface area contributed by atoms with Gasteiger partial charge in [0.25, 0.3) is 5.91 Å². The van der Waals surface area contributed by atoms with Crippen molar-refractivity contribution in [3.63, 3.8) is 0 Å². The van der Waals surface area contributed by atoms with Gasteiger partial charge in [0.2, 0.25) is 0 Å². The first-order chi connectivity index (χ1) is 13.6. The van der Waals surface area contributed by atoms with Gasteiger partial charge in [0.1, 0.15) is 5.75 Å². The second-order valence-corrected chi connectivity index (χ2v) is 6.37. The maximum Gasteiger partial charge on any atom is 0.308 e. The number of hydrogen-bond donors (Lipinski definition) is 1. The highest BCUT2D eigenvalue weighted by Gasteiger charge is 2.19. The molecule has 0 aliphatic carbocycles. The average molecular weight is 380 g/mol. The monoisotopic (exact) mass is 380 g/mol. The van der Waals surface area contributed by atoms with E-state index in [-0.39, 0.29) is 6.42 Å². The summed E-state index contributed by atoms with van der Waals surface area (Å²) in [5.41, 5.74) is 1.62. The molecule has 0 fully saturated rings. The number of carbonyl (C=O) groups excluding carboxylic acids is 2. The Morgan fingerprint density at radius 1 is 1.07 bits per heavy atom. The summed E-state index contributed by atoms with van der Waals surface area (Å²) in [7, 11) is 0. The van der Waals surface area contributed by atoms with E-state index in [4.69, 9.17) is 9.47 Å². The second kappa shape index (κ2) is 9.08. The molecule has 0 bridgehead atoms. The maximum atomic E-state index is 12.4. The van der Waals surface area contributed by atoms with E-state index in [0.29, 0.717) is 24.6 Å². The summed E-state index contributed by atoms with van der Waals surface area (Å²) in [6.07, 6.45) is 1.23. The SMILES string of the molecule is CCOc1ccccc1NC(=O)[C@@H](C)OC(=O)CCn1ccc2ccccc21. The molecule has 0 aliphatic rings. The fraction of sp³-hybridized carbons (Fsp3) is 0.273. The molecule has 3 aromatic rings. The zero-order valence-electron chi connectivity index (χ0n) is 16.1. The molecule has 28 heavy (non-hydrogen) atoms. The fourth-order valence-electron chi connectivity index (χ4n) is 2.94. The largest absolute Gasteiger partial charge is 0.492 e. The minimum Gasteiger partial charge on any atom is -0.492 e. The van der Waals surface area contributed by atoms with Crippen LogP contribution >= 0.6 is 0 Å². The average Bonchev–Trinajstić information content (AvgIpc) is 3.11. The number of nitrogens with one attached hydrogen (secondary N) is 1. The van der Waals surface area contributed by atoms with Crippen LogP contribution in [0.5, 0.6) is 5.75 Å². The molecule has 0 saturated carbocycles. The van der Waals surface area contributed by atoms with Crippen LogP contribution in [0.3, 0.4) is 0 Å². The number of para-hydroxylation sites is 3. The number of aromatic nitrogens is 1. The highest BCUT2D eigenvalue weighted by atomic mass is 16.5. The minimum atomic E-state index is -0.899. The first-order valence-corrected chi connectivity index (χ1v) is 9.34. The third kappa shape index (κ3) is 4.71. The molecule has 1 atom stereocenters. The van der Waals surface area contributed by atoms with Crippen LogP contribution in [0.4, 0.5) is 5.69 Å². The van der Waals surface area contributed by atoms with Gasteiger partial charge in [-0.05, 0) is 43.5 Å². The molecule has 1 amide bonds. The summed E-state index contributed by atoms with van der Waals surface area (Å²) in [5.74, 6) is -0.234. The maximum absolute atomic E-state index is 12.4. The van der Waals surface area contributed by atoms with Crippen LogP contribution in [0.1, 0.15) is 20.3 Å². The number of carbonyl (C=O) groups is 2. The predicted octanol–water partition coefficient (Wildman–Crippen LogP) is 4.00. The lowest BCUT2D eigenvalue weighted by Gasteiger charge is -2.16. The topological polar surface area (TPSA) is 69.6 Å². The van der Waals surface area contributed by atoms with Gasteiger partial charge in [0.15, 0.2) is 6.10 Å². The molecule has 0 radical (unpaired) electrons. The number of esters is 1. The number of fused-ring (bicyclic) bond motifs is 1. The summed E-state index contributed by atoms with van der Waals surface area (Å²) in [4.78, 5) is 24.5. The van der Waals surface area contributed by atoms with Gasteiger partial charge in [-0.2, -0.15) is 0 Å². The van der Waals surface area contributed by atoms with Gasteiger partial charge < -0.3 is 19.4 Å². The lowest BCUT2D eigenvalue weighted by Crippen LogP contribution is -2.30. The molecule has 0 saturated heterocycles. The van der Waals surface area contributed by atoms with Crippen molar-refractivity contribution < 1.29 is 19.1 Å². The van der Waals surface area contributed by atoms with Crippen LogP contribution in [0.25, 0.3) is 10.9 Å². The van der Waals surface area contributed by atoms with Crippen molar-refractivity contribution in [1.29, 1.82) is 0 Å². The van der Waals surface area contributed by atoms with Gasteiger partial charge in [-0.3, -0.25) is 9.59 Å². The molecule has 1 N–H and O–H groups in total. The molecule has 1 heterocycles. The van der Waals surface area contributed by atoms with Gasteiger partial charge in [0, 0.05) is 18.3 Å². The van der Waals surface area contributed by atoms with Gasteiger partial charge in [-0.1, -0.05) is 30.3 Å². The lowest BCUT2D eigenvalue weighted by molar-refractivity contribution is -0.153. The van der Waals surface area contributed by atoms with E-state index in [1.807, 2.05) is 54.1 Å².